The summed E-state index contributed by atoms with van der Waals surface area (Å²) >= 11 is 0. The van der Waals surface area contributed by atoms with Gasteiger partial charge < -0.3 is 4.90 Å². The maximum Gasteiger partial charge on any atom is 0.0402 e. The molecule has 150 valence electrons. The third-order valence-electron chi connectivity index (χ3n) is 7.35. The molecule has 1 heterocycles. The lowest BCUT2D eigenvalue weighted by molar-refractivity contribution is 0.0969. The largest absolute Gasteiger partial charge is 0.369 e. The number of para-hydroxylation sites is 1. The van der Waals surface area contributed by atoms with Crippen molar-refractivity contribution in [3.63, 3.8) is 0 Å². The van der Waals surface area contributed by atoms with Crippen molar-refractivity contribution in [1.29, 1.82) is 0 Å². The van der Waals surface area contributed by atoms with Crippen LogP contribution in [0.3, 0.4) is 0 Å². The summed E-state index contributed by atoms with van der Waals surface area (Å²) in [6.07, 6.45) is 6.86. The van der Waals surface area contributed by atoms with Gasteiger partial charge in [-0.2, -0.15) is 0 Å². The third-order valence-corrected chi connectivity index (χ3v) is 7.35. The Balaban J connectivity index is 1.48. The average molecular weight is 369 g/mol. The molecule has 1 aromatic carbocycles. The summed E-state index contributed by atoms with van der Waals surface area (Å²) in [5, 5.41) is 0. The summed E-state index contributed by atoms with van der Waals surface area (Å²) in [7, 11) is 0. The summed E-state index contributed by atoms with van der Waals surface area (Å²) in [5.41, 5.74) is 4.66. The molecule has 0 amide bonds. The van der Waals surface area contributed by atoms with E-state index in [9.17, 15) is 0 Å². The van der Waals surface area contributed by atoms with Gasteiger partial charge >= 0.3 is 0 Å². The normalized spacial score (nSPS) is 27.5. The number of nitrogens with zero attached hydrogens (tertiary/aromatic N) is 2. The predicted octanol–water partition coefficient (Wildman–Crippen LogP) is 5.93. The first kappa shape index (κ1) is 19.3. The van der Waals surface area contributed by atoms with Crippen LogP contribution in [0.25, 0.3) is 0 Å². The molecule has 0 atom stereocenters. The molecule has 4 rings (SSSR count). The van der Waals surface area contributed by atoms with Crippen molar-refractivity contribution in [3.05, 3.63) is 29.8 Å². The smallest absolute Gasteiger partial charge is 0.0402 e. The number of benzene rings is 1. The summed E-state index contributed by atoms with van der Waals surface area (Å²) in [5.74, 6) is 0.698. The molecule has 1 saturated heterocycles. The van der Waals surface area contributed by atoms with Gasteiger partial charge in [0.15, 0.2) is 0 Å². The first-order valence-electron chi connectivity index (χ1n) is 11.2. The van der Waals surface area contributed by atoms with Gasteiger partial charge in [0.2, 0.25) is 0 Å². The molecule has 0 N–H and O–H groups in total. The lowest BCUT2D eigenvalue weighted by atomic mass is 9.60. The van der Waals surface area contributed by atoms with Crippen LogP contribution in [0, 0.1) is 16.2 Å². The quantitative estimate of drug-likeness (QED) is 0.650. The van der Waals surface area contributed by atoms with Crippen LogP contribution >= 0.6 is 0 Å². The molecule has 0 aromatic heterocycles. The molecule has 1 aliphatic heterocycles. The van der Waals surface area contributed by atoms with Gasteiger partial charge in [0.1, 0.15) is 0 Å². The van der Waals surface area contributed by atoms with Gasteiger partial charge in [-0.15, -0.1) is 0 Å². The van der Waals surface area contributed by atoms with Crippen LogP contribution in [0.15, 0.2) is 24.3 Å². The highest BCUT2D eigenvalue weighted by Gasteiger charge is 2.41. The maximum atomic E-state index is 2.71. The monoisotopic (exact) mass is 368 g/mol. The van der Waals surface area contributed by atoms with E-state index in [0.29, 0.717) is 22.2 Å². The number of piperazine rings is 1. The van der Waals surface area contributed by atoms with Crippen molar-refractivity contribution in [2.45, 2.75) is 72.6 Å². The van der Waals surface area contributed by atoms with E-state index in [2.05, 4.69) is 68.7 Å². The van der Waals surface area contributed by atoms with Crippen LogP contribution in [0.2, 0.25) is 0 Å². The molecule has 0 unspecified atom stereocenters. The maximum absolute atomic E-state index is 2.71. The second-order valence-corrected chi connectivity index (χ2v) is 11.7. The Bertz CT molecular complexity index is 647. The molecule has 3 fully saturated rings. The summed E-state index contributed by atoms with van der Waals surface area (Å²) in [4.78, 5) is 5.38. The molecule has 2 saturated carbocycles. The van der Waals surface area contributed by atoms with E-state index in [0.717, 1.165) is 0 Å². The standard InChI is InChI=1S/C25H40N2/c1-23(2)16-20(17-24(3,4)18-23)21-8-6-7-9-22(21)27-14-12-26(13-15-27)19-25(5)10-11-25/h6-9,20H,10-19H2,1-5H3. The molecule has 0 spiro atoms. The van der Waals surface area contributed by atoms with Crippen molar-refractivity contribution in [2.75, 3.05) is 37.6 Å². The number of hydrogen-bond acceptors (Lipinski definition) is 2. The molecule has 2 heteroatoms. The van der Waals surface area contributed by atoms with E-state index in [1.165, 1.54) is 70.5 Å². The third kappa shape index (κ3) is 4.53. The summed E-state index contributed by atoms with van der Waals surface area (Å²) in [6.45, 7) is 18.5. The molecule has 3 aliphatic rings. The molecular formula is C25H40N2. The van der Waals surface area contributed by atoms with Crippen molar-refractivity contribution in [3.8, 4) is 0 Å². The summed E-state index contributed by atoms with van der Waals surface area (Å²) < 4.78 is 0. The van der Waals surface area contributed by atoms with Crippen molar-refractivity contribution in [1.82, 2.24) is 4.90 Å². The van der Waals surface area contributed by atoms with Crippen LogP contribution < -0.4 is 4.90 Å². The number of anilines is 1. The first-order valence-corrected chi connectivity index (χ1v) is 11.2. The van der Waals surface area contributed by atoms with E-state index in [1.807, 2.05) is 0 Å². The highest BCUT2D eigenvalue weighted by atomic mass is 15.3. The zero-order chi connectivity index (χ0) is 19.3. The predicted molar refractivity (Wildman–Crippen MR) is 117 cm³/mol. The van der Waals surface area contributed by atoms with Gasteiger partial charge in [-0.3, -0.25) is 4.90 Å². The second kappa shape index (κ2) is 6.79. The van der Waals surface area contributed by atoms with Gasteiger partial charge in [0, 0.05) is 38.4 Å². The minimum absolute atomic E-state index is 0.442. The minimum Gasteiger partial charge on any atom is -0.369 e. The highest BCUT2D eigenvalue weighted by molar-refractivity contribution is 5.56. The Labute approximate surface area is 167 Å². The van der Waals surface area contributed by atoms with Crippen molar-refractivity contribution >= 4 is 5.69 Å². The van der Waals surface area contributed by atoms with Crippen LogP contribution in [-0.2, 0) is 0 Å². The molecule has 2 aliphatic carbocycles. The van der Waals surface area contributed by atoms with E-state index in [-0.39, 0.29) is 0 Å². The van der Waals surface area contributed by atoms with Gasteiger partial charge in [-0.05, 0) is 65.9 Å². The van der Waals surface area contributed by atoms with Crippen molar-refractivity contribution < 1.29 is 0 Å². The Morgan fingerprint density at radius 2 is 1.44 bits per heavy atom. The zero-order valence-corrected chi connectivity index (χ0v) is 18.4. The zero-order valence-electron chi connectivity index (χ0n) is 18.4. The van der Waals surface area contributed by atoms with Crippen LogP contribution in [0.5, 0.6) is 0 Å². The molecule has 0 bridgehead atoms. The molecular weight excluding hydrogens is 328 g/mol. The fourth-order valence-electron chi connectivity index (χ4n) is 6.24. The lowest BCUT2D eigenvalue weighted by Gasteiger charge is -2.46. The Morgan fingerprint density at radius 3 is 2.04 bits per heavy atom. The molecule has 0 radical (unpaired) electrons. The minimum atomic E-state index is 0.442. The fourth-order valence-corrected chi connectivity index (χ4v) is 6.24. The van der Waals surface area contributed by atoms with Crippen molar-refractivity contribution in [2.24, 2.45) is 16.2 Å². The Morgan fingerprint density at radius 1 is 0.852 bits per heavy atom. The van der Waals surface area contributed by atoms with Gasteiger partial charge in [0.05, 0.1) is 0 Å². The first-order chi connectivity index (χ1) is 12.6. The average Bonchev–Trinajstić information content (AvgIpc) is 3.30. The lowest BCUT2D eigenvalue weighted by Crippen LogP contribution is -2.48. The fraction of sp³-hybridized carbons (Fsp3) is 0.760. The van der Waals surface area contributed by atoms with E-state index < -0.39 is 0 Å². The SMILES string of the molecule is CC1(C)CC(c2ccccc2N2CCN(CC3(C)CC3)CC2)CC(C)(C)C1. The van der Waals surface area contributed by atoms with E-state index in [1.54, 1.807) is 5.56 Å². The van der Waals surface area contributed by atoms with Crippen LogP contribution in [0.1, 0.15) is 78.2 Å². The van der Waals surface area contributed by atoms with Gasteiger partial charge in [0.25, 0.3) is 0 Å². The molecule has 27 heavy (non-hydrogen) atoms. The van der Waals surface area contributed by atoms with Gasteiger partial charge in [-0.25, -0.2) is 0 Å². The number of rotatable bonds is 4. The Kier molecular flexibility index (Phi) is 4.86. The van der Waals surface area contributed by atoms with E-state index >= 15 is 0 Å². The van der Waals surface area contributed by atoms with E-state index in [4.69, 9.17) is 0 Å². The molecule has 2 nitrogen and oxygen atoms in total. The summed E-state index contributed by atoms with van der Waals surface area (Å²) in [6, 6.07) is 9.32. The molecule has 1 aromatic rings. The number of hydrogen-bond donors (Lipinski definition) is 0. The Hall–Kier alpha value is -1.02. The van der Waals surface area contributed by atoms with Crippen LogP contribution in [-0.4, -0.2) is 37.6 Å². The second-order valence-electron chi connectivity index (χ2n) is 11.7. The topological polar surface area (TPSA) is 6.48 Å². The highest BCUT2D eigenvalue weighted by Crippen LogP contribution is 2.53. The van der Waals surface area contributed by atoms with Crippen LogP contribution in [0.4, 0.5) is 5.69 Å². The van der Waals surface area contributed by atoms with Gasteiger partial charge in [-0.1, -0.05) is 52.8 Å².